The average molecular weight is 351 g/mol. The highest BCUT2D eigenvalue weighted by molar-refractivity contribution is 5.91. The maximum atomic E-state index is 12.2. The van der Waals surface area contributed by atoms with Gasteiger partial charge in [-0.2, -0.15) is 0 Å². The van der Waals surface area contributed by atoms with E-state index < -0.39 is 0 Å². The molecule has 0 spiro atoms. The van der Waals surface area contributed by atoms with Gasteiger partial charge in [-0.15, -0.1) is 0 Å². The largest absolute Gasteiger partial charge is 0.326 e. The van der Waals surface area contributed by atoms with E-state index in [1.807, 2.05) is 42.5 Å². The van der Waals surface area contributed by atoms with Crippen LogP contribution >= 0.6 is 0 Å². The van der Waals surface area contributed by atoms with Crippen molar-refractivity contribution in [2.75, 3.05) is 11.9 Å². The van der Waals surface area contributed by atoms with Crippen molar-refractivity contribution < 1.29 is 4.79 Å². The standard InChI is InChI=1S/C22H29N3O/c1-17-7-5-6-14-25(17)16-18-10-12-20(13-11-18)24-22(26)15-21(23)19-8-3-2-4-9-19/h2-4,8-13,17,21H,5-7,14-16,23H2,1H3,(H,24,26). The number of rotatable bonds is 6. The number of nitrogens with two attached hydrogens (primary N) is 1. The molecule has 2 atom stereocenters. The van der Waals surface area contributed by atoms with Gasteiger partial charge in [-0.05, 0) is 49.6 Å². The molecule has 0 saturated carbocycles. The molecule has 0 aromatic heterocycles. The lowest BCUT2D eigenvalue weighted by atomic mass is 10.0. The van der Waals surface area contributed by atoms with Gasteiger partial charge in [-0.3, -0.25) is 9.69 Å². The van der Waals surface area contributed by atoms with E-state index in [0.717, 1.165) is 17.8 Å². The summed E-state index contributed by atoms with van der Waals surface area (Å²) in [6.07, 6.45) is 4.20. The molecule has 2 aromatic rings. The normalized spacial score (nSPS) is 19.1. The van der Waals surface area contributed by atoms with Crippen molar-refractivity contribution >= 4 is 11.6 Å². The monoisotopic (exact) mass is 351 g/mol. The Morgan fingerprint density at radius 1 is 1.15 bits per heavy atom. The third kappa shape index (κ3) is 5.16. The minimum atomic E-state index is -0.281. The van der Waals surface area contributed by atoms with Crippen molar-refractivity contribution in [1.82, 2.24) is 4.90 Å². The Morgan fingerprint density at radius 2 is 1.88 bits per heavy atom. The van der Waals surface area contributed by atoms with Gasteiger partial charge in [0, 0.05) is 30.7 Å². The average Bonchev–Trinajstić information content (AvgIpc) is 2.66. The number of benzene rings is 2. The van der Waals surface area contributed by atoms with E-state index in [2.05, 4.69) is 29.3 Å². The number of carbonyl (C=O) groups is 1. The molecule has 2 unspecified atom stereocenters. The molecular weight excluding hydrogens is 322 g/mol. The van der Waals surface area contributed by atoms with Crippen LogP contribution in [0.5, 0.6) is 0 Å². The van der Waals surface area contributed by atoms with Crippen molar-refractivity contribution in [1.29, 1.82) is 0 Å². The van der Waals surface area contributed by atoms with E-state index in [4.69, 9.17) is 5.73 Å². The van der Waals surface area contributed by atoms with Gasteiger partial charge < -0.3 is 11.1 Å². The molecule has 3 rings (SSSR count). The lowest BCUT2D eigenvalue weighted by Gasteiger charge is -2.33. The van der Waals surface area contributed by atoms with E-state index in [0.29, 0.717) is 6.04 Å². The van der Waals surface area contributed by atoms with Gasteiger partial charge in [-0.25, -0.2) is 0 Å². The maximum Gasteiger partial charge on any atom is 0.226 e. The number of anilines is 1. The van der Waals surface area contributed by atoms with E-state index in [9.17, 15) is 4.79 Å². The molecule has 1 heterocycles. The molecule has 1 saturated heterocycles. The third-order valence-electron chi connectivity index (χ3n) is 5.20. The Bertz CT molecular complexity index is 699. The second kappa shape index (κ2) is 8.97. The molecular formula is C22H29N3O. The van der Waals surface area contributed by atoms with Gasteiger partial charge in [0.2, 0.25) is 5.91 Å². The second-order valence-electron chi connectivity index (χ2n) is 7.28. The Balaban J connectivity index is 1.51. The molecule has 138 valence electrons. The van der Waals surface area contributed by atoms with Crippen LogP contribution in [-0.4, -0.2) is 23.4 Å². The van der Waals surface area contributed by atoms with Gasteiger partial charge in [-0.1, -0.05) is 48.9 Å². The number of nitrogens with zero attached hydrogens (tertiary/aromatic N) is 1. The first-order valence-electron chi connectivity index (χ1n) is 9.55. The first kappa shape index (κ1) is 18.6. The molecule has 1 aliphatic rings. The highest BCUT2D eigenvalue weighted by Crippen LogP contribution is 2.20. The molecule has 26 heavy (non-hydrogen) atoms. The summed E-state index contributed by atoms with van der Waals surface area (Å²) in [6, 6.07) is 18.3. The van der Waals surface area contributed by atoms with Crippen LogP contribution in [0.1, 0.15) is 49.8 Å². The summed E-state index contributed by atoms with van der Waals surface area (Å²) < 4.78 is 0. The van der Waals surface area contributed by atoms with Crippen molar-refractivity contribution in [3.8, 4) is 0 Å². The zero-order valence-electron chi connectivity index (χ0n) is 15.5. The lowest BCUT2D eigenvalue weighted by molar-refractivity contribution is -0.116. The summed E-state index contributed by atoms with van der Waals surface area (Å²) in [4.78, 5) is 14.8. The SMILES string of the molecule is CC1CCCCN1Cc1ccc(NC(=O)CC(N)c2ccccc2)cc1. The van der Waals surface area contributed by atoms with Crippen molar-refractivity contribution in [2.24, 2.45) is 5.73 Å². The first-order valence-corrected chi connectivity index (χ1v) is 9.55. The van der Waals surface area contributed by atoms with E-state index in [1.54, 1.807) is 0 Å². The number of amides is 1. The fourth-order valence-corrected chi connectivity index (χ4v) is 3.55. The Morgan fingerprint density at radius 3 is 2.58 bits per heavy atom. The Kier molecular flexibility index (Phi) is 6.42. The van der Waals surface area contributed by atoms with Gasteiger partial charge in [0.05, 0.1) is 0 Å². The fraction of sp³-hybridized carbons (Fsp3) is 0.409. The van der Waals surface area contributed by atoms with Crippen LogP contribution in [0, 0.1) is 0 Å². The van der Waals surface area contributed by atoms with E-state index in [-0.39, 0.29) is 18.4 Å². The second-order valence-corrected chi connectivity index (χ2v) is 7.28. The summed E-state index contributed by atoms with van der Waals surface area (Å²) in [6.45, 7) is 4.47. The zero-order chi connectivity index (χ0) is 18.4. The van der Waals surface area contributed by atoms with Crippen molar-refractivity contribution in [2.45, 2.75) is 51.2 Å². The predicted molar refractivity (Wildman–Crippen MR) is 107 cm³/mol. The minimum Gasteiger partial charge on any atom is -0.326 e. The maximum absolute atomic E-state index is 12.2. The summed E-state index contributed by atoms with van der Waals surface area (Å²) in [5.74, 6) is -0.0567. The van der Waals surface area contributed by atoms with Gasteiger partial charge in [0.25, 0.3) is 0 Å². The molecule has 2 aromatic carbocycles. The fourth-order valence-electron chi connectivity index (χ4n) is 3.55. The molecule has 0 bridgehead atoms. The quantitative estimate of drug-likeness (QED) is 0.824. The van der Waals surface area contributed by atoms with Crippen LogP contribution in [0.3, 0.4) is 0 Å². The van der Waals surface area contributed by atoms with Crippen molar-refractivity contribution in [3.63, 3.8) is 0 Å². The van der Waals surface area contributed by atoms with Crippen LogP contribution in [0.2, 0.25) is 0 Å². The smallest absolute Gasteiger partial charge is 0.226 e. The van der Waals surface area contributed by atoms with Crippen molar-refractivity contribution in [3.05, 3.63) is 65.7 Å². The molecule has 3 N–H and O–H groups in total. The summed E-state index contributed by atoms with van der Waals surface area (Å²) in [7, 11) is 0. The predicted octanol–water partition coefficient (Wildman–Crippen LogP) is 4.09. The lowest BCUT2D eigenvalue weighted by Crippen LogP contribution is -2.36. The highest BCUT2D eigenvalue weighted by atomic mass is 16.1. The Hall–Kier alpha value is -2.17. The highest BCUT2D eigenvalue weighted by Gasteiger charge is 2.18. The topological polar surface area (TPSA) is 58.4 Å². The van der Waals surface area contributed by atoms with Crippen LogP contribution in [0.4, 0.5) is 5.69 Å². The molecule has 1 fully saturated rings. The molecule has 0 aliphatic carbocycles. The summed E-state index contributed by atoms with van der Waals surface area (Å²) >= 11 is 0. The number of likely N-dealkylation sites (tertiary alicyclic amines) is 1. The number of hydrogen-bond acceptors (Lipinski definition) is 3. The molecule has 4 heteroatoms. The number of hydrogen-bond donors (Lipinski definition) is 2. The number of carbonyl (C=O) groups excluding carboxylic acids is 1. The zero-order valence-corrected chi connectivity index (χ0v) is 15.5. The first-order chi connectivity index (χ1) is 12.6. The van der Waals surface area contributed by atoms with E-state index in [1.165, 1.54) is 31.4 Å². The van der Waals surface area contributed by atoms with Gasteiger partial charge >= 0.3 is 0 Å². The van der Waals surface area contributed by atoms with Crippen LogP contribution in [-0.2, 0) is 11.3 Å². The van der Waals surface area contributed by atoms with Crippen LogP contribution in [0.15, 0.2) is 54.6 Å². The van der Waals surface area contributed by atoms with Gasteiger partial charge in [0.1, 0.15) is 0 Å². The molecule has 4 nitrogen and oxygen atoms in total. The molecule has 1 aliphatic heterocycles. The number of piperidine rings is 1. The van der Waals surface area contributed by atoms with Crippen LogP contribution < -0.4 is 11.1 Å². The van der Waals surface area contributed by atoms with E-state index >= 15 is 0 Å². The minimum absolute atomic E-state index is 0.0567. The Labute approximate surface area is 156 Å². The number of nitrogens with one attached hydrogen (secondary N) is 1. The molecule has 0 radical (unpaired) electrons. The third-order valence-corrected chi connectivity index (χ3v) is 5.20. The molecule has 1 amide bonds. The van der Waals surface area contributed by atoms with Gasteiger partial charge in [0.15, 0.2) is 0 Å². The summed E-state index contributed by atoms with van der Waals surface area (Å²) in [5.41, 5.74) is 9.22. The summed E-state index contributed by atoms with van der Waals surface area (Å²) in [5, 5.41) is 2.95. The van der Waals surface area contributed by atoms with Crippen LogP contribution in [0.25, 0.3) is 0 Å².